The van der Waals surface area contributed by atoms with Crippen molar-refractivity contribution in [2.45, 2.75) is 38.6 Å². The van der Waals surface area contributed by atoms with Crippen LogP contribution in [0.2, 0.25) is 0 Å². The summed E-state index contributed by atoms with van der Waals surface area (Å²) < 4.78 is 2.23. The fourth-order valence-corrected chi connectivity index (χ4v) is 2.44. The zero-order valence-corrected chi connectivity index (χ0v) is 10.2. The van der Waals surface area contributed by atoms with Gasteiger partial charge in [0.1, 0.15) is 5.82 Å². The summed E-state index contributed by atoms with van der Waals surface area (Å²) in [5, 5.41) is 0. The second-order valence-electron chi connectivity index (χ2n) is 5.04. The van der Waals surface area contributed by atoms with E-state index in [0.717, 1.165) is 28.7 Å². The molecule has 0 radical (unpaired) electrons. The number of para-hydroxylation sites is 1. The summed E-state index contributed by atoms with van der Waals surface area (Å²) in [5.41, 5.74) is 2.69. The second kappa shape index (κ2) is 3.69. The predicted octanol–water partition coefficient (Wildman–Crippen LogP) is 3.31. The summed E-state index contributed by atoms with van der Waals surface area (Å²) >= 11 is 0. The van der Waals surface area contributed by atoms with Gasteiger partial charge in [-0.15, -0.1) is 0 Å². The van der Waals surface area contributed by atoms with Gasteiger partial charge < -0.3 is 4.57 Å². The highest BCUT2D eigenvalue weighted by Gasteiger charge is 2.30. The topological polar surface area (TPSA) is 34.9 Å². The molecule has 0 saturated heterocycles. The van der Waals surface area contributed by atoms with Crippen LogP contribution in [0.15, 0.2) is 18.2 Å². The highest BCUT2D eigenvalue weighted by atomic mass is 16.1. The van der Waals surface area contributed by atoms with E-state index in [2.05, 4.69) is 18.4 Å². The first-order chi connectivity index (χ1) is 8.22. The number of fused-ring (bicyclic) bond motifs is 1. The Balaban J connectivity index is 2.35. The molecular formula is C14H16N2O. The highest BCUT2D eigenvalue weighted by Crippen LogP contribution is 2.42. The Bertz CT molecular complexity index is 579. The fraction of sp³-hybridized carbons (Fsp3) is 0.429. The standard InChI is InChI=1S/C14H16N2O/c1-9(2)16-13-11(8-17)4-3-5-12(13)15-14(16)10-6-7-10/h3-5,8-10H,6-7H2,1-2H3. The van der Waals surface area contributed by atoms with E-state index in [4.69, 9.17) is 4.98 Å². The minimum Gasteiger partial charge on any atom is -0.325 e. The number of aldehydes is 1. The van der Waals surface area contributed by atoms with Gasteiger partial charge in [-0.2, -0.15) is 0 Å². The molecule has 88 valence electrons. The lowest BCUT2D eigenvalue weighted by atomic mass is 10.2. The number of imidazole rings is 1. The third-order valence-corrected chi connectivity index (χ3v) is 3.35. The lowest BCUT2D eigenvalue weighted by Crippen LogP contribution is -2.06. The van der Waals surface area contributed by atoms with E-state index >= 15 is 0 Å². The molecule has 1 saturated carbocycles. The molecule has 2 aromatic rings. The summed E-state index contributed by atoms with van der Waals surface area (Å²) in [7, 11) is 0. The van der Waals surface area contributed by atoms with Crippen molar-refractivity contribution in [1.82, 2.24) is 9.55 Å². The number of hydrogen-bond donors (Lipinski definition) is 0. The summed E-state index contributed by atoms with van der Waals surface area (Å²) in [6, 6.07) is 6.11. The minimum atomic E-state index is 0.344. The number of carbonyl (C=O) groups excluding carboxylic acids is 1. The van der Waals surface area contributed by atoms with E-state index in [-0.39, 0.29) is 0 Å². The predicted molar refractivity (Wildman–Crippen MR) is 67.5 cm³/mol. The average Bonchev–Trinajstić information content (AvgIpc) is 3.08. The van der Waals surface area contributed by atoms with Crippen molar-refractivity contribution >= 4 is 17.3 Å². The van der Waals surface area contributed by atoms with Gasteiger partial charge in [0.25, 0.3) is 0 Å². The van der Waals surface area contributed by atoms with Gasteiger partial charge in [-0.1, -0.05) is 6.07 Å². The van der Waals surface area contributed by atoms with Crippen LogP contribution < -0.4 is 0 Å². The van der Waals surface area contributed by atoms with E-state index in [9.17, 15) is 4.79 Å². The molecule has 0 aliphatic heterocycles. The van der Waals surface area contributed by atoms with Crippen molar-refractivity contribution in [3.63, 3.8) is 0 Å². The maximum Gasteiger partial charge on any atom is 0.152 e. The maximum atomic E-state index is 11.1. The van der Waals surface area contributed by atoms with Gasteiger partial charge in [-0.3, -0.25) is 4.79 Å². The molecule has 0 bridgehead atoms. The van der Waals surface area contributed by atoms with Crippen LogP contribution in [0.5, 0.6) is 0 Å². The van der Waals surface area contributed by atoms with Crippen LogP contribution in [0, 0.1) is 0 Å². The molecular weight excluding hydrogens is 212 g/mol. The normalized spacial score (nSPS) is 15.7. The first-order valence-electron chi connectivity index (χ1n) is 6.18. The van der Waals surface area contributed by atoms with Crippen molar-refractivity contribution in [2.24, 2.45) is 0 Å². The van der Waals surface area contributed by atoms with Crippen LogP contribution in [0.4, 0.5) is 0 Å². The first kappa shape index (κ1) is 10.5. The Labute approximate surface area is 100 Å². The minimum absolute atomic E-state index is 0.344. The Morgan fingerprint density at radius 1 is 1.41 bits per heavy atom. The number of carbonyl (C=O) groups is 1. The van der Waals surface area contributed by atoms with E-state index in [1.807, 2.05) is 18.2 Å². The van der Waals surface area contributed by atoms with E-state index in [1.54, 1.807) is 0 Å². The highest BCUT2D eigenvalue weighted by molar-refractivity contribution is 5.94. The van der Waals surface area contributed by atoms with Crippen molar-refractivity contribution in [3.8, 4) is 0 Å². The molecule has 1 fully saturated rings. The first-order valence-corrected chi connectivity index (χ1v) is 6.18. The van der Waals surface area contributed by atoms with Gasteiger partial charge in [0.15, 0.2) is 6.29 Å². The van der Waals surface area contributed by atoms with Crippen LogP contribution >= 0.6 is 0 Å². The molecule has 1 aromatic carbocycles. The molecule has 0 spiro atoms. The zero-order chi connectivity index (χ0) is 12.0. The molecule has 0 N–H and O–H groups in total. The smallest absolute Gasteiger partial charge is 0.152 e. The summed E-state index contributed by atoms with van der Waals surface area (Å²) in [5.74, 6) is 1.76. The Kier molecular flexibility index (Phi) is 2.28. The average molecular weight is 228 g/mol. The summed E-state index contributed by atoms with van der Waals surface area (Å²) in [6.07, 6.45) is 3.39. The SMILES string of the molecule is CC(C)n1c(C2CC2)nc2cccc(C=O)c21. The lowest BCUT2D eigenvalue weighted by molar-refractivity contribution is 0.112. The molecule has 0 amide bonds. The van der Waals surface area contributed by atoms with Gasteiger partial charge in [-0.05, 0) is 38.8 Å². The molecule has 0 unspecified atom stereocenters. The molecule has 1 aliphatic carbocycles. The molecule has 1 heterocycles. The van der Waals surface area contributed by atoms with Crippen molar-refractivity contribution in [3.05, 3.63) is 29.6 Å². The Morgan fingerprint density at radius 3 is 2.76 bits per heavy atom. The van der Waals surface area contributed by atoms with Gasteiger partial charge in [0.2, 0.25) is 0 Å². The maximum absolute atomic E-state index is 11.1. The fourth-order valence-electron chi connectivity index (χ4n) is 2.44. The van der Waals surface area contributed by atoms with Crippen LogP contribution in [0.25, 0.3) is 11.0 Å². The van der Waals surface area contributed by atoms with Crippen LogP contribution in [-0.2, 0) is 0 Å². The Hall–Kier alpha value is -1.64. The second-order valence-corrected chi connectivity index (χ2v) is 5.04. The van der Waals surface area contributed by atoms with Gasteiger partial charge in [0.05, 0.1) is 11.0 Å². The summed E-state index contributed by atoms with van der Waals surface area (Å²) in [4.78, 5) is 15.9. The van der Waals surface area contributed by atoms with Crippen LogP contribution in [0.1, 0.15) is 54.8 Å². The monoisotopic (exact) mass is 228 g/mol. The van der Waals surface area contributed by atoms with E-state index < -0.39 is 0 Å². The molecule has 3 nitrogen and oxygen atoms in total. The number of aromatic nitrogens is 2. The zero-order valence-electron chi connectivity index (χ0n) is 10.2. The van der Waals surface area contributed by atoms with Gasteiger partial charge >= 0.3 is 0 Å². The quantitative estimate of drug-likeness (QED) is 0.755. The molecule has 1 aromatic heterocycles. The number of benzene rings is 1. The molecule has 3 heteroatoms. The van der Waals surface area contributed by atoms with E-state index in [1.165, 1.54) is 12.8 Å². The Morgan fingerprint density at radius 2 is 2.18 bits per heavy atom. The van der Waals surface area contributed by atoms with Crippen molar-refractivity contribution in [1.29, 1.82) is 0 Å². The molecule has 3 rings (SSSR count). The number of rotatable bonds is 3. The van der Waals surface area contributed by atoms with E-state index in [0.29, 0.717) is 12.0 Å². The van der Waals surface area contributed by atoms with Crippen molar-refractivity contribution < 1.29 is 4.79 Å². The number of nitrogens with zero attached hydrogens (tertiary/aromatic N) is 2. The van der Waals surface area contributed by atoms with Crippen LogP contribution in [-0.4, -0.2) is 15.8 Å². The van der Waals surface area contributed by atoms with Crippen molar-refractivity contribution in [2.75, 3.05) is 0 Å². The largest absolute Gasteiger partial charge is 0.325 e. The van der Waals surface area contributed by atoms with Gasteiger partial charge in [0, 0.05) is 17.5 Å². The third kappa shape index (κ3) is 1.57. The summed E-state index contributed by atoms with van der Waals surface area (Å²) in [6.45, 7) is 4.29. The van der Waals surface area contributed by atoms with Crippen LogP contribution in [0.3, 0.4) is 0 Å². The molecule has 0 atom stereocenters. The third-order valence-electron chi connectivity index (χ3n) is 3.35. The molecule has 1 aliphatic rings. The lowest BCUT2D eigenvalue weighted by Gasteiger charge is -2.13. The number of hydrogen-bond acceptors (Lipinski definition) is 2. The van der Waals surface area contributed by atoms with Gasteiger partial charge in [-0.25, -0.2) is 4.98 Å². The molecule has 17 heavy (non-hydrogen) atoms.